The molecule has 0 fully saturated rings. The molecule has 27 heavy (non-hydrogen) atoms. The highest BCUT2D eigenvalue weighted by Gasteiger charge is 2.24. The van der Waals surface area contributed by atoms with Crippen LogP contribution in [0, 0.1) is 10.1 Å². The number of carboxylic acid groups (broad SMARTS) is 1. The Hall–Kier alpha value is -3.39. The molecular formula is C18H13ClN2O6. The van der Waals surface area contributed by atoms with E-state index in [4.69, 9.17) is 21.4 Å². The summed E-state index contributed by atoms with van der Waals surface area (Å²) < 4.78 is 6.44. The van der Waals surface area contributed by atoms with Gasteiger partial charge in [-0.2, -0.15) is 0 Å². The van der Waals surface area contributed by atoms with Crippen molar-refractivity contribution in [1.82, 2.24) is 4.57 Å². The van der Waals surface area contributed by atoms with Crippen molar-refractivity contribution in [3.8, 4) is 5.75 Å². The number of rotatable bonds is 5. The normalized spacial score (nSPS) is 10.7. The molecule has 0 amide bonds. The molecule has 2 aromatic carbocycles. The first-order valence-corrected chi connectivity index (χ1v) is 8.08. The van der Waals surface area contributed by atoms with Crippen LogP contribution in [0.3, 0.4) is 0 Å². The van der Waals surface area contributed by atoms with Crippen molar-refractivity contribution in [2.24, 2.45) is 0 Å². The van der Waals surface area contributed by atoms with Crippen LogP contribution < -0.4 is 4.74 Å². The fourth-order valence-electron chi connectivity index (χ4n) is 2.87. The van der Waals surface area contributed by atoms with Gasteiger partial charge in [-0.05, 0) is 17.7 Å². The number of nitro groups is 1. The van der Waals surface area contributed by atoms with Gasteiger partial charge in [-0.3, -0.25) is 24.3 Å². The predicted octanol–water partition coefficient (Wildman–Crippen LogP) is 3.53. The van der Waals surface area contributed by atoms with Crippen LogP contribution in [0.15, 0.2) is 42.6 Å². The molecule has 0 unspecified atom stereocenters. The summed E-state index contributed by atoms with van der Waals surface area (Å²) in [5, 5.41) is 20.8. The molecule has 8 nitrogen and oxygen atoms in total. The zero-order valence-corrected chi connectivity index (χ0v) is 14.8. The van der Waals surface area contributed by atoms with Crippen molar-refractivity contribution in [1.29, 1.82) is 0 Å². The molecule has 0 saturated carbocycles. The number of carbonyl (C=O) groups excluding carboxylic acids is 1. The second kappa shape index (κ2) is 7.08. The van der Waals surface area contributed by atoms with Crippen molar-refractivity contribution in [3.63, 3.8) is 0 Å². The molecular weight excluding hydrogens is 376 g/mol. The van der Waals surface area contributed by atoms with E-state index < -0.39 is 23.2 Å². The topological polar surface area (TPSA) is 112 Å². The lowest BCUT2D eigenvalue weighted by Crippen LogP contribution is -2.12. The number of ether oxygens (including phenoxy) is 1. The molecule has 0 aliphatic carbocycles. The summed E-state index contributed by atoms with van der Waals surface area (Å²) in [4.78, 5) is 34.8. The quantitative estimate of drug-likeness (QED) is 0.528. The number of fused-ring (bicyclic) bond motifs is 1. The van der Waals surface area contributed by atoms with E-state index in [1.54, 1.807) is 18.2 Å². The fourth-order valence-corrected chi connectivity index (χ4v) is 3.08. The highest BCUT2D eigenvalue weighted by Crippen LogP contribution is 2.35. The lowest BCUT2D eigenvalue weighted by molar-refractivity contribution is -0.384. The van der Waals surface area contributed by atoms with Crippen molar-refractivity contribution in [3.05, 3.63) is 68.9 Å². The van der Waals surface area contributed by atoms with Gasteiger partial charge >= 0.3 is 5.97 Å². The SMILES string of the molecule is COc1cc([N+](=O)[O-])cc2c(CC(=O)O)cn(C(=O)c3ccccc3Cl)c12. The van der Waals surface area contributed by atoms with Gasteiger partial charge in [0.1, 0.15) is 5.75 Å². The largest absolute Gasteiger partial charge is 0.494 e. The second-order valence-corrected chi connectivity index (χ2v) is 6.09. The molecule has 1 aromatic heterocycles. The minimum Gasteiger partial charge on any atom is -0.494 e. The van der Waals surface area contributed by atoms with Crippen LogP contribution in [0.25, 0.3) is 10.9 Å². The van der Waals surface area contributed by atoms with Crippen molar-refractivity contribution < 1.29 is 24.4 Å². The number of hydrogen-bond acceptors (Lipinski definition) is 5. The molecule has 0 bridgehead atoms. The van der Waals surface area contributed by atoms with Crippen LogP contribution in [0.1, 0.15) is 15.9 Å². The summed E-state index contributed by atoms with van der Waals surface area (Å²) >= 11 is 6.10. The molecule has 1 N–H and O–H groups in total. The number of hydrogen-bond donors (Lipinski definition) is 1. The summed E-state index contributed by atoms with van der Waals surface area (Å²) in [7, 11) is 1.31. The van der Waals surface area contributed by atoms with E-state index in [2.05, 4.69) is 0 Å². The van der Waals surface area contributed by atoms with E-state index in [1.807, 2.05) is 0 Å². The zero-order valence-electron chi connectivity index (χ0n) is 14.0. The van der Waals surface area contributed by atoms with Gasteiger partial charge in [0.05, 0.1) is 40.6 Å². The van der Waals surface area contributed by atoms with Gasteiger partial charge in [0.15, 0.2) is 0 Å². The Labute approximate surface area is 157 Å². The molecule has 0 saturated heterocycles. The lowest BCUT2D eigenvalue weighted by Gasteiger charge is -2.09. The highest BCUT2D eigenvalue weighted by molar-refractivity contribution is 6.34. The third kappa shape index (κ3) is 3.34. The van der Waals surface area contributed by atoms with Gasteiger partial charge < -0.3 is 9.84 Å². The molecule has 0 aliphatic heterocycles. The molecule has 0 atom stereocenters. The van der Waals surface area contributed by atoms with E-state index >= 15 is 0 Å². The molecule has 9 heteroatoms. The standard InChI is InChI=1S/C18H13ClN2O6/c1-27-15-8-11(21(25)26)7-13-10(6-16(22)23)9-20(17(13)15)18(24)12-4-2-3-5-14(12)19/h2-5,7-9H,6H2,1H3,(H,22,23). The minimum atomic E-state index is -1.13. The average Bonchev–Trinajstić information content (AvgIpc) is 2.98. The number of methoxy groups -OCH3 is 1. The first kappa shape index (κ1) is 18.4. The fraction of sp³-hybridized carbons (Fsp3) is 0.111. The molecule has 138 valence electrons. The van der Waals surface area contributed by atoms with Gasteiger partial charge in [0.25, 0.3) is 11.6 Å². The summed E-state index contributed by atoms with van der Waals surface area (Å²) in [6.45, 7) is 0. The molecule has 3 rings (SSSR count). The number of aliphatic carboxylic acids is 1. The van der Waals surface area contributed by atoms with Gasteiger partial charge in [-0.15, -0.1) is 0 Å². The number of carbonyl (C=O) groups is 2. The number of nitro benzene ring substituents is 1. The monoisotopic (exact) mass is 388 g/mol. The number of aromatic nitrogens is 1. The highest BCUT2D eigenvalue weighted by atomic mass is 35.5. The third-order valence-corrected chi connectivity index (χ3v) is 4.36. The summed E-state index contributed by atoms with van der Waals surface area (Å²) in [6, 6.07) is 8.82. The van der Waals surface area contributed by atoms with Crippen molar-refractivity contribution >= 4 is 40.1 Å². The van der Waals surface area contributed by atoms with Gasteiger partial charge in [-0.1, -0.05) is 23.7 Å². The minimum absolute atomic E-state index is 0.0799. The van der Waals surface area contributed by atoms with Gasteiger partial charge in [0, 0.05) is 17.6 Å². The second-order valence-electron chi connectivity index (χ2n) is 5.68. The first-order valence-electron chi connectivity index (χ1n) is 7.71. The summed E-state index contributed by atoms with van der Waals surface area (Å²) in [5.74, 6) is -1.56. The maximum Gasteiger partial charge on any atom is 0.307 e. The van der Waals surface area contributed by atoms with Crippen LogP contribution in [-0.4, -0.2) is 33.6 Å². The number of non-ortho nitro benzene ring substituents is 1. The maximum atomic E-state index is 13.0. The number of nitrogens with zero attached hydrogens (tertiary/aromatic N) is 2. The third-order valence-electron chi connectivity index (χ3n) is 4.03. The summed E-state index contributed by atoms with van der Waals surface area (Å²) in [6.07, 6.45) is 0.931. The maximum absolute atomic E-state index is 13.0. The lowest BCUT2D eigenvalue weighted by atomic mass is 10.1. The number of halogens is 1. The van der Waals surface area contributed by atoms with Crippen molar-refractivity contribution in [2.45, 2.75) is 6.42 Å². The van der Waals surface area contributed by atoms with Crippen LogP contribution in [-0.2, 0) is 11.2 Å². The van der Waals surface area contributed by atoms with Crippen molar-refractivity contribution in [2.75, 3.05) is 7.11 Å². The Morgan fingerprint density at radius 1 is 1.30 bits per heavy atom. The van der Waals surface area contributed by atoms with E-state index in [1.165, 1.54) is 36.1 Å². The Balaban J connectivity index is 2.32. The van der Waals surface area contributed by atoms with Crippen LogP contribution in [0.5, 0.6) is 5.75 Å². The molecule has 0 spiro atoms. The van der Waals surface area contributed by atoms with Crippen LogP contribution in [0.4, 0.5) is 5.69 Å². The number of carboxylic acids is 1. The average molecular weight is 389 g/mol. The van der Waals surface area contributed by atoms with Gasteiger partial charge in [0.2, 0.25) is 0 Å². The van der Waals surface area contributed by atoms with E-state index in [9.17, 15) is 19.7 Å². The predicted molar refractivity (Wildman–Crippen MR) is 97.7 cm³/mol. The Kier molecular flexibility index (Phi) is 4.83. The Bertz CT molecular complexity index is 1090. The molecule has 1 heterocycles. The van der Waals surface area contributed by atoms with E-state index in [0.717, 1.165) is 0 Å². The van der Waals surface area contributed by atoms with Crippen LogP contribution >= 0.6 is 11.6 Å². The smallest absolute Gasteiger partial charge is 0.307 e. The van der Waals surface area contributed by atoms with Gasteiger partial charge in [-0.25, -0.2) is 0 Å². The molecule has 0 aliphatic rings. The Morgan fingerprint density at radius 3 is 2.59 bits per heavy atom. The van der Waals surface area contributed by atoms with E-state index in [-0.39, 0.29) is 38.5 Å². The summed E-state index contributed by atoms with van der Waals surface area (Å²) in [5.41, 5.74) is 0.427. The Morgan fingerprint density at radius 2 is 2.00 bits per heavy atom. The number of benzene rings is 2. The zero-order chi connectivity index (χ0) is 19.7. The molecule has 0 radical (unpaired) electrons. The van der Waals surface area contributed by atoms with E-state index in [0.29, 0.717) is 0 Å². The molecule has 3 aromatic rings. The van der Waals surface area contributed by atoms with Crippen LogP contribution in [0.2, 0.25) is 5.02 Å². The first-order chi connectivity index (χ1) is 12.8.